The van der Waals surface area contributed by atoms with Crippen LogP contribution in [0.1, 0.15) is 10.9 Å². The molecule has 1 fully saturated rings. The lowest BCUT2D eigenvalue weighted by Crippen LogP contribution is -2.42. The number of benzene rings is 3. The summed E-state index contributed by atoms with van der Waals surface area (Å²) in [5, 5.41) is 4.79. The van der Waals surface area contributed by atoms with Gasteiger partial charge in [0.2, 0.25) is 5.91 Å². The molecule has 7 heteroatoms. The molecule has 1 aromatic heterocycles. The predicted molar refractivity (Wildman–Crippen MR) is 132 cm³/mol. The lowest BCUT2D eigenvalue weighted by Gasteiger charge is -2.32. The number of rotatable bonds is 5. The van der Waals surface area contributed by atoms with Gasteiger partial charge in [0.25, 0.3) is 0 Å². The average molecular weight is 470 g/mol. The lowest BCUT2D eigenvalue weighted by molar-refractivity contribution is -0.129. The Balaban J connectivity index is 1.34. The minimum absolute atomic E-state index is 0.101. The number of amides is 1. The first-order valence-electron chi connectivity index (χ1n) is 11.3. The molecule has 0 saturated carbocycles. The van der Waals surface area contributed by atoms with E-state index in [9.17, 15) is 4.79 Å². The normalized spacial score (nSPS) is 19.4. The molecule has 6 nitrogen and oxygen atoms in total. The lowest BCUT2D eigenvalue weighted by atomic mass is 10.1. The van der Waals surface area contributed by atoms with Gasteiger partial charge >= 0.3 is 0 Å². The van der Waals surface area contributed by atoms with Crippen molar-refractivity contribution in [1.29, 1.82) is 0 Å². The van der Waals surface area contributed by atoms with Crippen molar-refractivity contribution in [2.75, 3.05) is 18.9 Å². The maximum Gasteiger partial charge on any atom is 0.233 e. The molecule has 0 unspecified atom stereocenters. The molecule has 4 aromatic rings. The summed E-state index contributed by atoms with van der Waals surface area (Å²) in [5.41, 5.74) is 3.90. The highest BCUT2D eigenvalue weighted by Gasteiger charge is 2.38. The Morgan fingerprint density at radius 1 is 0.912 bits per heavy atom. The van der Waals surface area contributed by atoms with Crippen LogP contribution in [0.3, 0.4) is 0 Å². The third kappa shape index (κ3) is 3.92. The van der Waals surface area contributed by atoms with Crippen LogP contribution in [0.25, 0.3) is 16.9 Å². The highest BCUT2D eigenvalue weighted by atomic mass is 32.2. The summed E-state index contributed by atoms with van der Waals surface area (Å²) in [6.07, 6.45) is 1.82. The van der Waals surface area contributed by atoms with E-state index >= 15 is 0 Å². The summed E-state index contributed by atoms with van der Waals surface area (Å²) in [5.74, 6) is 1.99. The van der Waals surface area contributed by atoms with Crippen molar-refractivity contribution >= 4 is 17.7 Å². The van der Waals surface area contributed by atoms with Crippen LogP contribution in [0.15, 0.2) is 91.1 Å². The molecule has 0 N–H and O–H groups in total. The molecule has 2 aliphatic rings. The first kappa shape index (κ1) is 20.9. The SMILES string of the molecule is O=C1CS[C@@H](c2cn(-c3ccccc3)nc2-c2ccccc2)N1C[C@H]1COc2ccccc2O1. The van der Waals surface area contributed by atoms with E-state index in [-0.39, 0.29) is 17.4 Å². The Morgan fingerprint density at radius 3 is 2.41 bits per heavy atom. The standard InChI is InChI=1S/C27H23N3O3S/c31-25-18-34-27(29(25)15-21-17-32-23-13-7-8-14-24(23)33-21)22-16-30(20-11-5-2-6-12-20)28-26(22)19-9-3-1-4-10-19/h1-14,16,21,27H,15,17-18H2/t21-,27-/m0/s1. The van der Waals surface area contributed by atoms with Crippen LogP contribution in [0.5, 0.6) is 11.5 Å². The maximum absolute atomic E-state index is 13.0. The molecule has 2 aliphatic heterocycles. The molecule has 0 spiro atoms. The molecular formula is C27H23N3O3S. The van der Waals surface area contributed by atoms with E-state index in [1.54, 1.807) is 11.8 Å². The van der Waals surface area contributed by atoms with E-state index in [1.807, 2.05) is 82.4 Å². The van der Waals surface area contributed by atoms with Gasteiger partial charge in [0.1, 0.15) is 12.0 Å². The van der Waals surface area contributed by atoms with Crippen molar-refractivity contribution in [3.63, 3.8) is 0 Å². The highest BCUT2D eigenvalue weighted by Crippen LogP contribution is 2.43. The van der Waals surface area contributed by atoms with Gasteiger partial charge in [0, 0.05) is 17.3 Å². The summed E-state index contributed by atoms with van der Waals surface area (Å²) in [6, 6.07) is 27.8. The molecule has 3 aromatic carbocycles. The van der Waals surface area contributed by atoms with Crippen molar-refractivity contribution in [3.05, 3.63) is 96.7 Å². The molecule has 2 atom stereocenters. The largest absolute Gasteiger partial charge is 0.486 e. The van der Waals surface area contributed by atoms with Gasteiger partial charge in [-0.1, -0.05) is 60.7 Å². The van der Waals surface area contributed by atoms with Crippen LogP contribution in [0, 0.1) is 0 Å². The minimum Gasteiger partial charge on any atom is -0.486 e. The van der Waals surface area contributed by atoms with Crippen LogP contribution in [-0.2, 0) is 4.79 Å². The second-order valence-electron chi connectivity index (χ2n) is 8.29. The van der Waals surface area contributed by atoms with Crippen LogP contribution in [-0.4, -0.2) is 45.6 Å². The summed E-state index contributed by atoms with van der Waals surface area (Å²) >= 11 is 1.63. The Labute approximate surface area is 202 Å². The van der Waals surface area contributed by atoms with Crippen molar-refractivity contribution < 1.29 is 14.3 Å². The average Bonchev–Trinajstić information content (AvgIpc) is 3.49. The summed E-state index contributed by atoms with van der Waals surface area (Å²) in [7, 11) is 0. The second-order valence-corrected chi connectivity index (χ2v) is 9.35. The fourth-order valence-electron chi connectivity index (χ4n) is 4.38. The summed E-state index contributed by atoms with van der Waals surface area (Å²) in [6.45, 7) is 0.864. The van der Waals surface area contributed by atoms with E-state index in [0.29, 0.717) is 18.9 Å². The first-order chi connectivity index (χ1) is 16.8. The van der Waals surface area contributed by atoms with Crippen LogP contribution in [0.2, 0.25) is 0 Å². The van der Waals surface area contributed by atoms with Crippen LogP contribution >= 0.6 is 11.8 Å². The molecule has 1 saturated heterocycles. The van der Waals surface area contributed by atoms with Crippen molar-refractivity contribution in [1.82, 2.24) is 14.7 Å². The molecule has 3 heterocycles. The van der Waals surface area contributed by atoms with Gasteiger partial charge in [-0.2, -0.15) is 5.10 Å². The third-order valence-electron chi connectivity index (χ3n) is 6.01. The van der Waals surface area contributed by atoms with E-state index in [1.165, 1.54) is 0 Å². The maximum atomic E-state index is 13.0. The molecule has 6 rings (SSSR count). The zero-order valence-electron chi connectivity index (χ0n) is 18.4. The molecular weight excluding hydrogens is 446 g/mol. The number of carbonyl (C=O) groups excluding carboxylic acids is 1. The van der Waals surface area contributed by atoms with Gasteiger partial charge in [0.15, 0.2) is 17.6 Å². The number of fused-ring (bicyclic) bond motifs is 1. The van der Waals surface area contributed by atoms with Gasteiger partial charge in [0.05, 0.1) is 23.7 Å². The van der Waals surface area contributed by atoms with E-state index < -0.39 is 0 Å². The van der Waals surface area contributed by atoms with E-state index in [0.717, 1.165) is 34.0 Å². The molecule has 34 heavy (non-hydrogen) atoms. The second kappa shape index (κ2) is 8.91. The van der Waals surface area contributed by atoms with Gasteiger partial charge in [-0.15, -0.1) is 11.8 Å². The Kier molecular flexibility index (Phi) is 5.47. The quantitative estimate of drug-likeness (QED) is 0.414. The number of nitrogens with zero attached hydrogens (tertiary/aromatic N) is 3. The zero-order valence-corrected chi connectivity index (χ0v) is 19.2. The fraction of sp³-hybridized carbons (Fsp3) is 0.185. The van der Waals surface area contributed by atoms with Gasteiger partial charge < -0.3 is 14.4 Å². The number of carbonyl (C=O) groups is 1. The smallest absolute Gasteiger partial charge is 0.233 e. The van der Waals surface area contributed by atoms with Crippen LogP contribution in [0.4, 0.5) is 0 Å². The number of thioether (sulfide) groups is 1. The zero-order chi connectivity index (χ0) is 22.9. The number of para-hydroxylation sites is 3. The van der Waals surface area contributed by atoms with Crippen molar-refractivity contribution in [3.8, 4) is 28.4 Å². The summed E-state index contributed by atoms with van der Waals surface area (Å²) < 4.78 is 14.0. The topological polar surface area (TPSA) is 56.6 Å². The predicted octanol–water partition coefficient (Wildman–Crippen LogP) is 4.95. The van der Waals surface area contributed by atoms with Crippen molar-refractivity contribution in [2.24, 2.45) is 0 Å². The number of hydrogen-bond donors (Lipinski definition) is 0. The van der Waals surface area contributed by atoms with Gasteiger partial charge in [-0.3, -0.25) is 4.79 Å². The van der Waals surface area contributed by atoms with E-state index in [4.69, 9.17) is 14.6 Å². The Bertz CT molecular complexity index is 1310. The van der Waals surface area contributed by atoms with Gasteiger partial charge in [-0.05, 0) is 24.3 Å². The highest BCUT2D eigenvalue weighted by molar-refractivity contribution is 8.00. The van der Waals surface area contributed by atoms with E-state index in [2.05, 4.69) is 18.3 Å². The molecule has 0 aliphatic carbocycles. The summed E-state index contributed by atoms with van der Waals surface area (Å²) in [4.78, 5) is 14.9. The number of aromatic nitrogens is 2. The monoisotopic (exact) mass is 469 g/mol. The molecule has 170 valence electrons. The van der Waals surface area contributed by atoms with Crippen molar-refractivity contribution in [2.45, 2.75) is 11.5 Å². The molecule has 0 bridgehead atoms. The minimum atomic E-state index is -0.232. The molecule has 0 radical (unpaired) electrons. The Hall–Kier alpha value is -3.71. The number of hydrogen-bond acceptors (Lipinski definition) is 5. The third-order valence-corrected chi connectivity index (χ3v) is 7.25. The number of ether oxygens (including phenoxy) is 2. The molecule has 1 amide bonds. The first-order valence-corrected chi connectivity index (χ1v) is 12.3. The fourth-order valence-corrected chi connectivity index (χ4v) is 5.58. The van der Waals surface area contributed by atoms with Crippen LogP contribution < -0.4 is 9.47 Å². The Morgan fingerprint density at radius 2 is 1.62 bits per heavy atom. The van der Waals surface area contributed by atoms with Gasteiger partial charge in [-0.25, -0.2) is 4.68 Å².